The molecule has 0 saturated carbocycles. The van der Waals surface area contributed by atoms with Crippen LogP contribution in [0.3, 0.4) is 0 Å². The Bertz CT molecular complexity index is 830. The summed E-state index contributed by atoms with van der Waals surface area (Å²) in [4.78, 5) is 21.7. The number of anilines is 2. The standard InChI is InChI=1S/C13H10N6O2/c20-13(9-8-15-18-7-2-1-5-11(9)18)21-19-12-10(16-17-19)4-3-6-14-12/h1-8,16-17H. The van der Waals surface area contributed by atoms with E-state index in [9.17, 15) is 4.79 Å². The molecule has 8 nitrogen and oxygen atoms in total. The molecule has 4 heterocycles. The molecule has 0 aliphatic carbocycles. The largest absolute Gasteiger partial charge is 0.369 e. The Morgan fingerprint density at radius 2 is 2.19 bits per heavy atom. The lowest BCUT2D eigenvalue weighted by Crippen LogP contribution is -2.38. The summed E-state index contributed by atoms with van der Waals surface area (Å²) in [6, 6.07) is 9.07. The van der Waals surface area contributed by atoms with Gasteiger partial charge in [-0.2, -0.15) is 5.10 Å². The van der Waals surface area contributed by atoms with Crippen molar-refractivity contribution in [2.24, 2.45) is 0 Å². The maximum Gasteiger partial charge on any atom is 0.369 e. The molecule has 3 aromatic heterocycles. The van der Waals surface area contributed by atoms with E-state index < -0.39 is 5.97 Å². The predicted molar refractivity (Wildman–Crippen MR) is 74.1 cm³/mol. The van der Waals surface area contributed by atoms with Crippen molar-refractivity contribution in [1.29, 1.82) is 0 Å². The zero-order valence-corrected chi connectivity index (χ0v) is 10.7. The molecule has 1 aliphatic heterocycles. The molecule has 0 radical (unpaired) electrons. The Labute approximate surface area is 118 Å². The third-order valence-electron chi connectivity index (χ3n) is 3.09. The van der Waals surface area contributed by atoms with Crippen LogP contribution in [0.15, 0.2) is 48.9 Å². The molecule has 104 valence electrons. The summed E-state index contributed by atoms with van der Waals surface area (Å²) in [5.41, 5.74) is 7.35. The van der Waals surface area contributed by atoms with E-state index in [1.54, 1.807) is 29.0 Å². The van der Waals surface area contributed by atoms with E-state index in [2.05, 4.69) is 21.0 Å². The van der Waals surface area contributed by atoms with Gasteiger partial charge in [-0.3, -0.25) is 5.43 Å². The van der Waals surface area contributed by atoms with Gasteiger partial charge in [0.05, 0.1) is 17.4 Å². The maximum atomic E-state index is 12.3. The highest BCUT2D eigenvalue weighted by atomic mass is 16.7. The van der Waals surface area contributed by atoms with Gasteiger partial charge in [0.1, 0.15) is 5.56 Å². The minimum Gasteiger partial charge on any atom is -0.316 e. The summed E-state index contributed by atoms with van der Waals surface area (Å²) in [5.74, 6) is -0.0358. The minimum atomic E-state index is -0.524. The SMILES string of the molecule is O=C(ON1NNc2cccnc21)c1cnn2ccccc12. The molecule has 3 aromatic rings. The van der Waals surface area contributed by atoms with Gasteiger partial charge in [0, 0.05) is 12.4 Å². The van der Waals surface area contributed by atoms with Crippen molar-refractivity contribution in [1.82, 2.24) is 20.1 Å². The molecule has 0 amide bonds. The van der Waals surface area contributed by atoms with Gasteiger partial charge in [-0.15, -0.1) is 5.53 Å². The first-order chi connectivity index (χ1) is 10.3. The van der Waals surface area contributed by atoms with Crippen LogP contribution in [0.4, 0.5) is 11.5 Å². The zero-order valence-electron chi connectivity index (χ0n) is 10.7. The van der Waals surface area contributed by atoms with E-state index in [0.29, 0.717) is 16.9 Å². The lowest BCUT2D eigenvalue weighted by atomic mass is 10.3. The van der Waals surface area contributed by atoms with Crippen molar-refractivity contribution in [3.05, 3.63) is 54.5 Å². The summed E-state index contributed by atoms with van der Waals surface area (Å²) in [5, 5.41) is 5.29. The molecule has 0 bridgehead atoms. The monoisotopic (exact) mass is 282 g/mol. The zero-order chi connectivity index (χ0) is 14.2. The smallest absolute Gasteiger partial charge is 0.316 e. The van der Waals surface area contributed by atoms with E-state index in [-0.39, 0.29) is 0 Å². The summed E-state index contributed by atoms with van der Waals surface area (Å²) in [6.45, 7) is 0. The second-order valence-corrected chi connectivity index (χ2v) is 4.37. The van der Waals surface area contributed by atoms with Crippen LogP contribution >= 0.6 is 0 Å². The molecule has 4 rings (SSSR count). The van der Waals surface area contributed by atoms with Crippen LogP contribution in [-0.2, 0) is 4.84 Å². The molecule has 0 spiro atoms. The van der Waals surface area contributed by atoms with Gasteiger partial charge in [0.15, 0.2) is 0 Å². The Morgan fingerprint density at radius 1 is 1.24 bits per heavy atom. The molecule has 0 atom stereocenters. The Morgan fingerprint density at radius 3 is 3.14 bits per heavy atom. The molecule has 0 unspecified atom stereocenters. The van der Waals surface area contributed by atoms with Gasteiger partial charge in [-0.25, -0.2) is 14.3 Å². The van der Waals surface area contributed by atoms with Crippen molar-refractivity contribution >= 4 is 23.0 Å². The highest BCUT2D eigenvalue weighted by molar-refractivity contribution is 5.97. The van der Waals surface area contributed by atoms with Crippen LogP contribution in [0.25, 0.3) is 5.52 Å². The number of carbonyl (C=O) groups is 1. The lowest BCUT2D eigenvalue weighted by Gasteiger charge is -2.14. The Hall–Kier alpha value is -3.13. The third-order valence-corrected chi connectivity index (χ3v) is 3.09. The second-order valence-electron chi connectivity index (χ2n) is 4.37. The van der Waals surface area contributed by atoms with Gasteiger partial charge in [-0.1, -0.05) is 11.2 Å². The number of fused-ring (bicyclic) bond motifs is 2. The predicted octanol–water partition coefficient (Wildman–Crippen LogP) is 1.15. The molecule has 8 heteroatoms. The molecule has 2 N–H and O–H groups in total. The van der Waals surface area contributed by atoms with E-state index >= 15 is 0 Å². The maximum absolute atomic E-state index is 12.3. The van der Waals surface area contributed by atoms with Crippen LogP contribution < -0.4 is 16.1 Å². The minimum absolute atomic E-state index is 0.377. The Kier molecular flexibility index (Phi) is 2.48. The molecule has 21 heavy (non-hydrogen) atoms. The summed E-state index contributed by atoms with van der Waals surface area (Å²) < 4.78 is 1.61. The van der Waals surface area contributed by atoms with E-state index in [4.69, 9.17) is 4.84 Å². The van der Waals surface area contributed by atoms with Crippen molar-refractivity contribution in [3.63, 3.8) is 0 Å². The number of nitrogens with one attached hydrogen (secondary N) is 2. The number of hydrogen-bond donors (Lipinski definition) is 2. The molecule has 1 aliphatic rings. The topological polar surface area (TPSA) is 83.8 Å². The second kappa shape index (κ2) is 4.46. The Balaban J connectivity index is 1.62. The first-order valence-electron chi connectivity index (χ1n) is 6.24. The number of pyridine rings is 2. The van der Waals surface area contributed by atoms with Crippen LogP contribution in [-0.4, -0.2) is 20.6 Å². The summed E-state index contributed by atoms with van der Waals surface area (Å²) in [7, 11) is 0. The third kappa shape index (κ3) is 1.85. The molecular formula is C13H10N6O2. The normalized spacial score (nSPS) is 13.0. The van der Waals surface area contributed by atoms with E-state index in [1.165, 1.54) is 11.4 Å². The first-order valence-corrected chi connectivity index (χ1v) is 6.24. The van der Waals surface area contributed by atoms with Gasteiger partial charge >= 0.3 is 5.97 Å². The summed E-state index contributed by atoms with van der Waals surface area (Å²) in [6.07, 6.45) is 4.85. The van der Waals surface area contributed by atoms with Crippen molar-refractivity contribution < 1.29 is 9.63 Å². The number of hydrazine groups is 2. The van der Waals surface area contributed by atoms with E-state index in [0.717, 1.165) is 5.69 Å². The van der Waals surface area contributed by atoms with Gasteiger partial charge in [0.25, 0.3) is 0 Å². The van der Waals surface area contributed by atoms with Gasteiger partial charge in [-0.05, 0) is 24.3 Å². The quantitative estimate of drug-likeness (QED) is 0.729. The number of nitrogens with zero attached hydrogens (tertiary/aromatic N) is 4. The number of hydrogen-bond acceptors (Lipinski definition) is 7. The molecule has 0 fully saturated rings. The fraction of sp³-hybridized carbons (Fsp3) is 0. The number of rotatable bonds is 2. The fourth-order valence-electron chi connectivity index (χ4n) is 2.11. The van der Waals surface area contributed by atoms with Crippen LogP contribution in [0.2, 0.25) is 0 Å². The molecular weight excluding hydrogens is 272 g/mol. The number of aromatic nitrogens is 3. The van der Waals surface area contributed by atoms with Crippen LogP contribution in [0.5, 0.6) is 0 Å². The first kappa shape index (κ1) is 11.7. The average Bonchev–Trinajstić information content (AvgIpc) is 3.12. The van der Waals surface area contributed by atoms with Gasteiger partial charge in [0.2, 0.25) is 5.82 Å². The lowest BCUT2D eigenvalue weighted by molar-refractivity contribution is 0.0412. The molecule has 0 saturated heterocycles. The highest BCUT2D eigenvalue weighted by Gasteiger charge is 2.25. The van der Waals surface area contributed by atoms with Crippen LogP contribution in [0.1, 0.15) is 10.4 Å². The fourth-order valence-corrected chi connectivity index (χ4v) is 2.11. The van der Waals surface area contributed by atoms with Gasteiger partial charge < -0.3 is 4.84 Å². The summed E-state index contributed by atoms with van der Waals surface area (Å²) >= 11 is 0. The van der Waals surface area contributed by atoms with Crippen LogP contribution in [0, 0.1) is 0 Å². The van der Waals surface area contributed by atoms with Crippen molar-refractivity contribution in [2.75, 3.05) is 10.6 Å². The van der Waals surface area contributed by atoms with E-state index in [1.807, 2.05) is 18.2 Å². The average molecular weight is 282 g/mol. The van der Waals surface area contributed by atoms with Crippen molar-refractivity contribution in [3.8, 4) is 0 Å². The molecule has 0 aromatic carbocycles. The van der Waals surface area contributed by atoms with Crippen molar-refractivity contribution in [2.45, 2.75) is 0 Å². The highest BCUT2D eigenvalue weighted by Crippen LogP contribution is 2.26. The number of carbonyl (C=O) groups excluding carboxylic acids is 1.